The number of piperidine rings is 2. The molecule has 5 aromatic rings. The molecule has 3 aliphatic rings. The number of anilines is 3. The molecule has 0 aromatic carbocycles. The SMILES string of the molecule is CC(C)(C)OC(=O)C1CCCCC1.CC(C)(C)OC(=O)C1CCN(c2c(F)cncc2Br)CC1.CC(C)(C)OC(=O)C1CCN(c2c(N)cncc2F)CC1.Cl.Fc1cncc(Br)c1.Fc1cncc(Br)c1Cl.Fc1cncc(Br)c1F.[CH2-]CCC.[Li+]. The van der Waals surface area contributed by atoms with E-state index >= 15 is 0 Å². The zero-order valence-electron chi connectivity index (χ0n) is 51.1. The van der Waals surface area contributed by atoms with Gasteiger partial charge in [-0.05, 0) is 171 Å². The molecule has 14 nitrogen and oxygen atoms in total. The normalized spacial score (nSPS) is 14.3. The van der Waals surface area contributed by atoms with Crippen LogP contribution in [0.25, 0.3) is 0 Å². The monoisotopic (exact) mass is 1510 g/mol. The number of pyridine rings is 5. The van der Waals surface area contributed by atoms with Crippen molar-refractivity contribution in [2.45, 2.75) is 157 Å². The third kappa shape index (κ3) is 33.2. The molecule has 87 heavy (non-hydrogen) atoms. The molecule has 1 saturated carbocycles. The van der Waals surface area contributed by atoms with Crippen molar-refractivity contribution < 1.29 is 73.8 Å². The van der Waals surface area contributed by atoms with Gasteiger partial charge in [-0.25, -0.2) is 26.3 Å². The van der Waals surface area contributed by atoms with Crippen molar-refractivity contribution in [2.75, 3.05) is 41.7 Å². The van der Waals surface area contributed by atoms with Crippen LogP contribution in [0, 0.1) is 59.6 Å². The van der Waals surface area contributed by atoms with Crippen molar-refractivity contribution >= 4 is 123 Å². The molecule has 27 heteroatoms. The van der Waals surface area contributed by atoms with Gasteiger partial charge < -0.3 is 36.7 Å². The Morgan fingerprint density at radius 2 is 0.908 bits per heavy atom. The van der Waals surface area contributed by atoms with Crippen LogP contribution in [-0.2, 0) is 28.6 Å². The number of nitrogens with zero attached hydrogens (tertiary/aromatic N) is 7. The van der Waals surface area contributed by atoms with Crippen molar-refractivity contribution in [3.05, 3.63) is 133 Å². The summed E-state index contributed by atoms with van der Waals surface area (Å²) in [7, 11) is 0. The molecule has 0 unspecified atom stereocenters. The van der Waals surface area contributed by atoms with Crippen LogP contribution in [0.2, 0.25) is 5.02 Å². The molecule has 1 aliphatic carbocycles. The van der Waals surface area contributed by atoms with E-state index in [1.54, 1.807) is 6.20 Å². The summed E-state index contributed by atoms with van der Waals surface area (Å²) >= 11 is 17.6. The summed E-state index contributed by atoms with van der Waals surface area (Å²) in [6.45, 7) is 25.1. The first-order chi connectivity index (χ1) is 39.7. The Morgan fingerprint density at radius 1 is 0.552 bits per heavy atom. The van der Waals surface area contributed by atoms with Gasteiger partial charge in [0.15, 0.2) is 29.1 Å². The first kappa shape index (κ1) is 83.2. The van der Waals surface area contributed by atoms with Gasteiger partial charge in [0.2, 0.25) is 0 Å². The average molecular weight is 1520 g/mol. The van der Waals surface area contributed by atoms with Gasteiger partial charge in [-0.1, -0.05) is 44.2 Å². The van der Waals surface area contributed by atoms with E-state index in [2.05, 4.69) is 102 Å². The standard InChI is InChI=1S/C15H20BrFN2O2.C15H22FN3O2.C11H20O2.C5H2BrClFN.C5H2BrF2N.C5H3BrFN.C4H9.ClH.Li/c2*1-15(2,3)21-14(20)10-4-6-19(7-5-10)13-11(16)8-18-9-12(13)17;1-11(2,3)13-10(12)9-7-5-4-6-8-9;6-3-1-9-2-4(8)5(3)7;6-3-1-9-2-4(7)5(3)8;6-4-1-5(7)3-8-2-4;1-3-4-2;;/h8-10H,4-7H2,1-3H3;8-10H,4-7,17H2,1-3H3;9H,4-8H2,1-3H3;2*1-2H;1-3H;1,3-4H2,2H3;1H;/q;;;;;;-1;;+1. The van der Waals surface area contributed by atoms with Crippen LogP contribution in [0.15, 0.2) is 85.9 Å². The number of esters is 3. The number of hydrogen-bond donors (Lipinski definition) is 1. The molecule has 0 radical (unpaired) electrons. The Bertz CT molecular complexity index is 2620. The fraction of sp³-hybridized carbons (Fsp3) is 0.517. The van der Waals surface area contributed by atoms with Gasteiger partial charge in [-0.15, -0.1) is 12.4 Å². The molecular formula is C60H79Br4Cl2F6LiN8O6. The summed E-state index contributed by atoms with van der Waals surface area (Å²) in [5, 5.41) is 0.0741. The number of nitrogen functional groups attached to an aromatic ring is 1. The summed E-state index contributed by atoms with van der Waals surface area (Å²) in [6.07, 6.45) is 23.2. The van der Waals surface area contributed by atoms with Gasteiger partial charge >= 0.3 is 36.8 Å². The summed E-state index contributed by atoms with van der Waals surface area (Å²) in [5.74, 6) is -3.83. The fourth-order valence-corrected chi connectivity index (χ4v) is 9.44. The van der Waals surface area contributed by atoms with Crippen LogP contribution in [-0.4, -0.2) is 85.8 Å². The summed E-state index contributed by atoms with van der Waals surface area (Å²) < 4.78 is 94.5. The predicted molar refractivity (Wildman–Crippen MR) is 343 cm³/mol. The third-order valence-electron chi connectivity index (χ3n) is 11.8. The molecule has 0 amide bonds. The minimum Gasteiger partial charge on any atom is -0.460 e. The largest absolute Gasteiger partial charge is 1.00 e. The van der Waals surface area contributed by atoms with Crippen LogP contribution in [0.4, 0.5) is 43.4 Å². The average Bonchev–Trinajstić information content (AvgIpc) is 2.38. The maximum atomic E-state index is 13.9. The van der Waals surface area contributed by atoms with E-state index in [1.165, 1.54) is 62.7 Å². The maximum Gasteiger partial charge on any atom is 1.00 e. The molecule has 8 rings (SSSR count). The Hall–Kier alpha value is -3.76. The molecule has 0 spiro atoms. The number of halogens is 12. The van der Waals surface area contributed by atoms with Crippen LogP contribution < -0.4 is 34.4 Å². The summed E-state index contributed by atoms with van der Waals surface area (Å²) in [5.41, 5.74) is 5.76. The molecule has 7 heterocycles. The van der Waals surface area contributed by atoms with E-state index < -0.39 is 34.5 Å². The van der Waals surface area contributed by atoms with E-state index in [0.717, 1.165) is 44.0 Å². The molecule has 2 saturated heterocycles. The second-order valence-corrected chi connectivity index (χ2v) is 26.3. The number of rotatable bonds is 6. The number of carbonyl (C=O) groups is 3. The number of ether oxygens (including phenoxy) is 3. The van der Waals surface area contributed by atoms with Crippen molar-refractivity contribution in [3.8, 4) is 0 Å². The Balaban J connectivity index is 0.00000104. The Labute approximate surface area is 565 Å². The molecule has 2 aliphatic heterocycles. The van der Waals surface area contributed by atoms with Gasteiger partial charge in [0, 0.05) is 55.4 Å². The first-order valence-electron chi connectivity index (χ1n) is 27.5. The van der Waals surface area contributed by atoms with E-state index in [4.69, 9.17) is 31.5 Å². The van der Waals surface area contributed by atoms with Crippen LogP contribution in [0.5, 0.6) is 0 Å². The summed E-state index contributed by atoms with van der Waals surface area (Å²) in [4.78, 5) is 57.5. The molecular weight excluding hydrogens is 1440 g/mol. The minimum atomic E-state index is -0.940. The van der Waals surface area contributed by atoms with E-state index in [0.29, 0.717) is 82.3 Å². The maximum absolute atomic E-state index is 13.9. The fourth-order valence-electron chi connectivity index (χ4n) is 7.83. The minimum absolute atomic E-state index is 0. The number of carbonyl (C=O) groups excluding carboxylic acids is 3. The zero-order chi connectivity index (χ0) is 64.2. The van der Waals surface area contributed by atoms with E-state index in [-0.39, 0.29) is 93.7 Å². The van der Waals surface area contributed by atoms with Crippen LogP contribution in [0.3, 0.4) is 0 Å². The van der Waals surface area contributed by atoms with E-state index in [1.807, 2.05) is 72.1 Å². The van der Waals surface area contributed by atoms with Crippen molar-refractivity contribution in [2.24, 2.45) is 17.8 Å². The number of aromatic nitrogens is 5. The number of nitrogens with two attached hydrogens (primary N) is 1. The predicted octanol–water partition coefficient (Wildman–Crippen LogP) is 14.6. The molecule has 3 fully saturated rings. The second kappa shape index (κ2) is 41.6. The Morgan fingerprint density at radius 3 is 1.24 bits per heavy atom. The van der Waals surface area contributed by atoms with Gasteiger partial charge in [0.05, 0.1) is 90.4 Å². The number of unbranched alkanes of at least 4 members (excludes halogenated alkanes) is 1. The van der Waals surface area contributed by atoms with Gasteiger partial charge in [0.1, 0.15) is 22.6 Å². The third-order valence-corrected chi connectivity index (χ3v) is 14.6. The summed E-state index contributed by atoms with van der Waals surface area (Å²) in [6, 6.07) is 1.35. The van der Waals surface area contributed by atoms with Crippen molar-refractivity contribution in [1.82, 2.24) is 24.9 Å². The van der Waals surface area contributed by atoms with Gasteiger partial charge in [-0.3, -0.25) is 39.3 Å². The van der Waals surface area contributed by atoms with Gasteiger partial charge in [0.25, 0.3) is 0 Å². The van der Waals surface area contributed by atoms with Crippen molar-refractivity contribution in [3.63, 3.8) is 0 Å². The Kier molecular flexibility index (Phi) is 39.8. The van der Waals surface area contributed by atoms with Gasteiger partial charge in [-0.2, -0.15) is 6.42 Å². The second-order valence-electron chi connectivity index (χ2n) is 22.5. The molecule has 480 valence electrons. The molecule has 0 bridgehead atoms. The molecule has 2 N–H and O–H groups in total. The molecule has 5 aromatic heterocycles. The quantitative estimate of drug-likeness (QED) is 0.0559. The van der Waals surface area contributed by atoms with Crippen LogP contribution >= 0.6 is 87.7 Å². The van der Waals surface area contributed by atoms with Crippen LogP contribution in [0.1, 0.15) is 140 Å². The molecule has 0 atom stereocenters. The van der Waals surface area contributed by atoms with E-state index in [9.17, 15) is 40.7 Å². The number of hydrogen-bond acceptors (Lipinski definition) is 14. The smallest absolute Gasteiger partial charge is 0.460 e. The topological polar surface area (TPSA) is 176 Å². The van der Waals surface area contributed by atoms with Crippen molar-refractivity contribution in [1.29, 1.82) is 0 Å². The first-order valence-corrected chi connectivity index (χ1v) is 31.0. The zero-order valence-corrected chi connectivity index (χ0v) is 59.0.